The van der Waals surface area contributed by atoms with Crippen LogP contribution in [0.25, 0.3) is 0 Å². The third-order valence-electron chi connectivity index (χ3n) is 10.1. The van der Waals surface area contributed by atoms with Gasteiger partial charge in [-0.05, 0) is 40.2 Å². The van der Waals surface area contributed by atoms with E-state index in [2.05, 4.69) is 133 Å². The molecule has 7 rings (SSSR count). The molecule has 0 aromatic heterocycles. The zero-order valence-electron chi connectivity index (χ0n) is 29.1. The molecule has 5 nitrogen and oxygen atoms in total. The molecule has 2 aliphatic carbocycles. The van der Waals surface area contributed by atoms with Gasteiger partial charge >= 0.3 is 0 Å². The van der Waals surface area contributed by atoms with Gasteiger partial charge in [0.1, 0.15) is 12.2 Å². The van der Waals surface area contributed by atoms with Crippen LogP contribution in [0.3, 0.4) is 0 Å². The molecule has 0 heterocycles. The maximum absolute atomic E-state index is 7.08. The fraction of sp³-hybridized carbons (Fsp3) is 0.304. The SMILES string of the molecule is C1=C[C@@H]2[C@@H](OCc3ccccc3)[C@H](OCc3ccccc3)[C@@H](OCc3ccccc3)[C@H](OCc3ccccc3)[C@@H]2[C@@H](COCc2ccccc2)C1. The first-order chi connectivity index (χ1) is 25.3. The number of ether oxygens (including phenoxy) is 5. The minimum atomic E-state index is -0.400. The first kappa shape index (κ1) is 35.1. The first-order valence-electron chi connectivity index (χ1n) is 18.2. The van der Waals surface area contributed by atoms with Gasteiger partial charge in [0.2, 0.25) is 0 Å². The lowest BCUT2D eigenvalue weighted by atomic mass is 9.63. The molecule has 0 aliphatic heterocycles. The summed E-state index contributed by atoms with van der Waals surface area (Å²) in [5, 5.41) is 0. The minimum Gasteiger partial charge on any atom is -0.376 e. The number of hydrogen-bond donors (Lipinski definition) is 0. The van der Waals surface area contributed by atoms with Crippen molar-refractivity contribution in [2.45, 2.75) is 63.9 Å². The van der Waals surface area contributed by atoms with Crippen LogP contribution in [0.1, 0.15) is 34.2 Å². The Morgan fingerprint density at radius 1 is 0.392 bits per heavy atom. The second kappa shape index (κ2) is 18.2. The second-order valence-electron chi connectivity index (χ2n) is 13.6. The lowest BCUT2D eigenvalue weighted by molar-refractivity contribution is -0.251. The van der Waals surface area contributed by atoms with Crippen molar-refractivity contribution in [1.82, 2.24) is 0 Å². The highest BCUT2D eigenvalue weighted by molar-refractivity contribution is 5.20. The number of hydrogen-bond acceptors (Lipinski definition) is 5. The van der Waals surface area contributed by atoms with Crippen molar-refractivity contribution in [3.8, 4) is 0 Å². The van der Waals surface area contributed by atoms with Gasteiger partial charge in [-0.2, -0.15) is 0 Å². The van der Waals surface area contributed by atoms with Gasteiger partial charge in [0, 0.05) is 11.8 Å². The summed E-state index contributed by atoms with van der Waals surface area (Å²) in [6, 6.07) is 51.9. The Morgan fingerprint density at radius 2 is 0.745 bits per heavy atom. The molecule has 262 valence electrons. The van der Waals surface area contributed by atoms with Crippen molar-refractivity contribution in [3.05, 3.63) is 192 Å². The topological polar surface area (TPSA) is 46.2 Å². The van der Waals surface area contributed by atoms with E-state index in [0.717, 1.165) is 28.7 Å². The monoisotopic (exact) mass is 680 g/mol. The minimum absolute atomic E-state index is 0.0332. The van der Waals surface area contributed by atoms with Crippen LogP contribution in [-0.4, -0.2) is 31.0 Å². The van der Waals surface area contributed by atoms with Crippen LogP contribution in [0.2, 0.25) is 0 Å². The van der Waals surface area contributed by atoms with Crippen LogP contribution in [0, 0.1) is 17.8 Å². The van der Waals surface area contributed by atoms with Gasteiger partial charge in [0.15, 0.2) is 0 Å². The standard InChI is InChI=1S/C46H48O5/c1-6-17-35(18-7-1)29-47-34-40-27-16-28-41-42(40)44(49-31-37-21-10-3-11-22-37)46(51-33-39-25-14-5-15-26-39)45(50-32-38-23-12-4-13-24-38)43(41)48-30-36-19-8-2-9-20-36/h1-26,28,40-46H,27,29-34H2/t40-,41+,42-,43-,44-,45+,46+/m1/s1. The molecule has 51 heavy (non-hydrogen) atoms. The van der Waals surface area contributed by atoms with Crippen LogP contribution in [0.4, 0.5) is 0 Å². The summed E-state index contributed by atoms with van der Waals surface area (Å²) in [7, 11) is 0. The van der Waals surface area contributed by atoms with Crippen molar-refractivity contribution in [2.75, 3.05) is 6.61 Å². The van der Waals surface area contributed by atoms with Gasteiger partial charge in [-0.3, -0.25) is 0 Å². The second-order valence-corrected chi connectivity index (χ2v) is 13.6. The molecule has 0 saturated heterocycles. The summed E-state index contributed by atoms with van der Waals surface area (Å²) in [5.74, 6) is 0.309. The molecule has 0 N–H and O–H groups in total. The van der Waals surface area contributed by atoms with E-state index < -0.39 is 12.2 Å². The van der Waals surface area contributed by atoms with Gasteiger partial charge in [0.25, 0.3) is 0 Å². The molecule has 0 radical (unpaired) electrons. The van der Waals surface area contributed by atoms with E-state index in [4.69, 9.17) is 23.7 Å². The lowest BCUT2D eigenvalue weighted by Gasteiger charge is -2.53. The van der Waals surface area contributed by atoms with Crippen LogP contribution in [0.5, 0.6) is 0 Å². The van der Waals surface area contributed by atoms with Gasteiger partial charge in [0.05, 0.1) is 51.8 Å². The van der Waals surface area contributed by atoms with E-state index in [0.29, 0.717) is 39.6 Å². The molecule has 1 saturated carbocycles. The molecule has 5 aromatic carbocycles. The van der Waals surface area contributed by atoms with E-state index in [1.165, 1.54) is 5.56 Å². The first-order valence-corrected chi connectivity index (χ1v) is 18.2. The van der Waals surface area contributed by atoms with Crippen molar-refractivity contribution >= 4 is 0 Å². The summed E-state index contributed by atoms with van der Waals surface area (Å²) >= 11 is 0. The zero-order chi connectivity index (χ0) is 34.5. The van der Waals surface area contributed by atoms with Gasteiger partial charge in [-0.25, -0.2) is 0 Å². The molecule has 5 heteroatoms. The third-order valence-corrected chi connectivity index (χ3v) is 10.1. The Morgan fingerprint density at radius 3 is 1.18 bits per heavy atom. The van der Waals surface area contributed by atoms with E-state index in [1.807, 2.05) is 30.3 Å². The fourth-order valence-corrected chi connectivity index (χ4v) is 7.58. The highest BCUT2D eigenvalue weighted by atomic mass is 16.6. The molecular weight excluding hydrogens is 633 g/mol. The predicted octanol–water partition coefficient (Wildman–Crippen LogP) is 9.37. The van der Waals surface area contributed by atoms with Crippen LogP contribution >= 0.6 is 0 Å². The average molecular weight is 681 g/mol. The molecule has 1 fully saturated rings. The normalized spacial score (nSPS) is 24.2. The van der Waals surface area contributed by atoms with Crippen molar-refractivity contribution < 1.29 is 23.7 Å². The predicted molar refractivity (Wildman–Crippen MR) is 200 cm³/mol. The molecule has 5 aromatic rings. The summed E-state index contributed by atoms with van der Waals surface area (Å²) in [4.78, 5) is 0. The molecule has 0 unspecified atom stereocenters. The lowest BCUT2D eigenvalue weighted by Crippen LogP contribution is -2.63. The average Bonchev–Trinajstić information content (AvgIpc) is 3.20. The van der Waals surface area contributed by atoms with Crippen LogP contribution in [0.15, 0.2) is 164 Å². The maximum Gasteiger partial charge on any atom is 0.113 e. The Hall–Kier alpha value is -4.36. The Kier molecular flexibility index (Phi) is 12.5. The van der Waals surface area contributed by atoms with Gasteiger partial charge in [-0.1, -0.05) is 164 Å². The van der Waals surface area contributed by atoms with Gasteiger partial charge < -0.3 is 23.7 Å². The third kappa shape index (κ3) is 9.50. The zero-order valence-corrected chi connectivity index (χ0v) is 29.1. The van der Waals surface area contributed by atoms with Crippen LogP contribution < -0.4 is 0 Å². The van der Waals surface area contributed by atoms with Crippen molar-refractivity contribution in [1.29, 1.82) is 0 Å². The van der Waals surface area contributed by atoms with E-state index in [-0.39, 0.29) is 30.0 Å². The molecule has 7 atom stereocenters. The Balaban J connectivity index is 1.24. The summed E-state index contributed by atoms with van der Waals surface area (Å²) < 4.78 is 34.6. The molecule has 0 bridgehead atoms. The summed E-state index contributed by atoms with van der Waals surface area (Å²) in [6.45, 7) is 3.01. The Labute approximate surface area is 302 Å². The van der Waals surface area contributed by atoms with Crippen molar-refractivity contribution in [2.24, 2.45) is 17.8 Å². The van der Waals surface area contributed by atoms with Crippen molar-refractivity contribution in [3.63, 3.8) is 0 Å². The number of allylic oxidation sites excluding steroid dienone is 1. The largest absolute Gasteiger partial charge is 0.376 e. The summed E-state index contributed by atoms with van der Waals surface area (Å²) in [6.07, 6.45) is 4.21. The highest BCUT2D eigenvalue weighted by Gasteiger charge is 2.55. The molecule has 2 aliphatic rings. The Bertz CT molecular complexity index is 1730. The molecule has 0 spiro atoms. The number of rotatable bonds is 16. The van der Waals surface area contributed by atoms with E-state index in [9.17, 15) is 0 Å². The van der Waals surface area contributed by atoms with E-state index >= 15 is 0 Å². The number of fused-ring (bicyclic) bond motifs is 1. The van der Waals surface area contributed by atoms with Crippen LogP contribution in [-0.2, 0) is 56.7 Å². The molecular formula is C46H48O5. The smallest absolute Gasteiger partial charge is 0.113 e. The van der Waals surface area contributed by atoms with Gasteiger partial charge in [-0.15, -0.1) is 0 Å². The fourth-order valence-electron chi connectivity index (χ4n) is 7.58. The quantitative estimate of drug-likeness (QED) is 0.0973. The highest BCUT2D eigenvalue weighted by Crippen LogP contribution is 2.46. The van der Waals surface area contributed by atoms with E-state index in [1.54, 1.807) is 0 Å². The molecule has 0 amide bonds. The maximum atomic E-state index is 7.08. The number of benzene rings is 5. The summed E-state index contributed by atoms with van der Waals surface area (Å²) in [5.41, 5.74) is 5.64.